The number of furan rings is 1. The SMILES string of the molecule is CCOC(=O)Nc1ccc2c(CSc3nnc(CCC(N)=O)n3Cc3ccco3)cc(=O)oc2c1. The number of primary amides is 1. The van der Waals surface area contributed by atoms with Crippen LogP contribution in [0, 0.1) is 0 Å². The molecule has 11 nitrogen and oxygen atoms in total. The molecule has 0 fully saturated rings. The van der Waals surface area contributed by atoms with Crippen molar-refractivity contribution < 1.29 is 23.2 Å². The molecular formula is C23H23N5O6S. The van der Waals surface area contributed by atoms with Crippen molar-refractivity contribution in [1.82, 2.24) is 14.8 Å². The molecule has 4 aromatic rings. The van der Waals surface area contributed by atoms with Gasteiger partial charge >= 0.3 is 11.7 Å². The number of fused-ring (bicyclic) bond motifs is 1. The number of anilines is 1. The number of nitrogens with two attached hydrogens (primary N) is 1. The fourth-order valence-electron chi connectivity index (χ4n) is 3.42. The largest absolute Gasteiger partial charge is 0.467 e. The summed E-state index contributed by atoms with van der Waals surface area (Å²) < 4.78 is 17.5. The average molecular weight is 498 g/mol. The number of nitrogens with zero attached hydrogens (tertiary/aromatic N) is 3. The van der Waals surface area contributed by atoms with Gasteiger partial charge in [0.05, 0.1) is 19.4 Å². The van der Waals surface area contributed by atoms with Crippen LogP contribution in [0.1, 0.15) is 30.5 Å². The summed E-state index contributed by atoms with van der Waals surface area (Å²) in [7, 11) is 0. The highest BCUT2D eigenvalue weighted by molar-refractivity contribution is 7.98. The fraction of sp³-hybridized carbons (Fsp3) is 0.261. The Hall–Kier alpha value is -4.06. The van der Waals surface area contributed by atoms with E-state index in [9.17, 15) is 14.4 Å². The Morgan fingerprint density at radius 2 is 2.09 bits per heavy atom. The number of aromatic nitrogens is 3. The second-order valence-corrected chi connectivity index (χ2v) is 8.41. The lowest BCUT2D eigenvalue weighted by Crippen LogP contribution is -2.14. The first kappa shape index (κ1) is 24.1. The third kappa shape index (κ3) is 6.09. The molecule has 0 saturated heterocycles. The van der Waals surface area contributed by atoms with Gasteiger partial charge in [0, 0.05) is 41.8 Å². The van der Waals surface area contributed by atoms with E-state index in [-0.39, 0.29) is 13.0 Å². The van der Waals surface area contributed by atoms with Crippen LogP contribution in [0.25, 0.3) is 11.0 Å². The molecule has 0 radical (unpaired) electrons. The monoisotopic (exact) mass is 497 g/mol. The Morgan fingerprint density at radius 1 is 1.23 bits per heavy atom. The number of rotatable bonds is 10. The van der Waals surface area contributed by atoms with Crippen LogP contribution >= 0.6 is 11.8 Å². The van der Waals surface area contributed by atoms with Crippen LogP contribution in [-0.2, 0) is 28.2 Å². The molecule has 182 valence electrons. The van der Waals surface area contributed by atoms with Gasteiger partial charge in [0.1, 0.15) is 17.2 Å². The highest BCUT2D eigenvalue weighted by Crippen LogP contribution is 2.28. The summed E-state index contributed by atoms with van der Waals surface area (Å²) in [6.45, 7) is 2.33. The maximum atomic E-state index is 12.2. The molecule has 3 N–H and O–H groups in total. The number of hydrogen-bond donors (Lipinski definition) is 2. The van der Waals surface area contributed by atoms with E-state index in [1.54, 1.807) is 37.5 Å². The highest BCUT2D eigenvalue weighted by Gasteiger charge is 2.16. The summed E-state index contributed by atoms with van der Waals surface area (Å²) in [4.78, 5) is 35.2. The molecule has 4 rings (SSSR count). The van der Waals surface area contributed by atoms with E-state index in [0.717, 1.165) is 10.9 Å². The first-order valence-corrected chi connectivity index (χ1v) is 11.8. The van der Waals surface area contributed by atoms with Crippen molar-refractivity contribution in [3.63, 3.8) is 0 Å². The molecule has 0 unspecified atom stereocenters. The Labute approximate surface area is 203 Å². The lowest BCUT2D eigenvalue weighted by molar-refractivity contribution is -0.118. The number of hydrogen-bond acceptors (Lipinski definition) is 9. The molecule has 0 saturated carbocycles. The maximum absolute atomic E-state index is 12.2. The van der Waals surface area contributed by atoms with Crippen molar-refractivity contribution in [3.05, 3.63) is 70.2 Å². The molecule has 12 heteroatoms. The molecule has 2 amide bonds. The summed E-state index contributed by atoms with van der Waals surface area (Å²) >= 11 is 1.38. The van der Waals surface area contributed by atoms with Gasteiger partial charge in [-0.3, -0.25) is 14.7 Å². The predicted octanol–water partition coefficient (Wildman–Crippen LogP) is 3.30. The molecule has 1 aromatic carbocycles. The van der Waals surface area contributed by atoms with Gasteiger partial charge in [0.2, 0.25) is 5.91 Å². The number of aryl methyl sites for hydroxylation is 1. The predicted molar refractivity (Wildman–Crippen MR) is 128 cm³/mol. The van der Waals surface area contributed by atoms with Crippen molar-refractivity contribution in [1.29, 1.82) is 0 Å². The van der Waals surface area contributed by atoms with Crippen molar-refractivity contribution in [2.24, 2.45) is 5.73 Å². The summed E-state index contributed by atoms with van der Waals surface area (Å²) in [5, 5.41) is 12.4. The number of thioether (sulfide) groups is 1. The minimum atomic E-state index is -0.594. The lowest BCUT2D eigenvalue weighted by atomic mass is 10.1. The Balaban J connectivity index is 1.58. The van der Waals surface area contributed by atoms with Crippen LogP contribution < -0.4 is 16.7 Å². The Kier molecular flexibility index (Phi) is 7.51. The number of ether oxygens (including phenoxy) is 1. The lowest BCUT2D eigenvalue weighted by Gasteiger charge is -2.10. The van der Waals surface area contributed by atoms with E-state index in [0.29, 0.717) is 46.7 Å². The van der Waals surface area contributed by atoms with Crippen molar-refractivity contribution in [2.75, 3.05) is 11.9 Å². The van der Waals surface area contributed by atoms with Crippen molar-refractivity contribution in [2.45, 2.75) is 37.2 Å². The van der Waals surface area contributed by atoms with Crippen LogP contribution in [0.4, 0.5) is 10.5 Å². The molecule has 0 aliphatic rings. The summed E-state index contributed by atoms with van der Waals surface area (Å²) in [6.07, 6.45) is 1.48. The zero-order chi connectivity index (χ0) is 24.8. The zero-order valence-corrected chi connectivity index (χ0v) is 19.7. The molecule has 3 aromatic heterocycles. The molecule has 0 atom stereocenters. The van der Waals surface area contributed by atoms with Crippen LogP contribution in [0.2, 0.25) is 0 Å². The normalized spacial score (nSPS) is 11.0. The van der Waals surface area contributed by atoms with Crippen LogP contribution in [-0.4, -0.2) is 33.4 Å². The third-order valence-electron chi connectivity index (χ3n) is 4.99. The minimum absolute atomic E-state index is 0.146. The fourth-order valence-corrected chi connectivity index (χ4v) is 4.37. The molecule has 0 aliphatic carbocycles. The average Bonchev–Trinajstić information content (AvgIpc) is 3.46. The second-order valence-electron chi connectivity index (χ2n) is 7.47. The third-order valence-corrected chi connectivity index (χ3v) is 6.01. The van der Waals surface area contributed by atoms with Gasteiger partial charge in [0.15, 0.2) is 5.16 Å². The van der Waals surface area contributed by atoms with Crippen molar-refractivity contribution in [3.8, 4) is 0 Å². The van der Waals surface area contributed by atoms with E-state index >= 15 is 0 Å². The zero-order valence-electron chi connectivity index (χ0n) is 18.9. The smallest absolute Gasteiger partial charge is 0.411 e. The van der Waals surface area contributed by atoms with Gasteiger partial charge in [-0.25, -0.2) is 9.59 Å². The van der Waals surface area contributed by atoms with Gasteiger partial charge < -0.3 is 19.3 Å². The molecule has 0 spiro atoms. The molecule has 0 aliphatic heterocycles. The first-order valence-electron chi connectivity index (χ1n) is 10.8. The maximum Gasteiger partial charge on any atom is 0.411 e. The number of carbonyl (C=O) groups excluding carboxylic acids is 2. The molecular weight excluding hydrogens is 474 g/mol. The van der Waals surface area contributed by atoms with E-state index < -0.39 is 17.6 Å². The van der Waals surface area contributed by atoms with Gasteiger partial charge in [-0.05, 0) is 36.8 Å². The Bertz CT molecular complexity index is 1400. The van der Waals surface area contributed by atoms with Gasteiger partial charge in [-0.2, -0.15) is 0 Å². The quantitative estimate of drug-likeness (QED) is 0.248. The topological polar surface area (TPSA) is 155 Å². The summed E-state index contributed by atoms with van der Waals surface area (Å²) in [5.74, 6) is 1.29. The van der Waals surface area contributed by atoms with Gasteiger partial charge in [-0.15, -0.1) is 10.2 Å². The van der Waals surface area contributed by atoms with E-state index in [4.69, 9.17) is 19.3 Å². The van der Waals surface area contributed by atoms with Crippen LogP contribution in [0.15, 0.2) is 61.4 Å². The number of nitrogens with one attached hydrogen (secondary N) is 1. The Morgan fingerprint density at radius 3 is 2.83 bits per heavy atom. The van der Waals surface area contributed by atoms with Crippen LogP contribution in [0.5, 0.6) is 0 Å². The van der Waals surface area contributed by atoms with E-state index in [2.05, 4.69) is 15.5 Å². The number of benzene rings is 1. The summed E-state index contributed by atoms with van der Waals surface area (Å²) in [6, 6.07) is 10.1. The molecule has 0 bridgehead atoms. The standard InChI is InChI=1S/C23H23N5O6S/c1-2-32-23(31)25-15-5-6-17-14(10-21(30)34-18(17)11-15)13-35-22-27-26-20(8-7-19(24)29)28(22)12-16-4-3-9-33-16/h3-6,9-11H,2,7-8,12-13H2,1H3,(H2,24,29)(H,25,31). The highest BCUT2D eigenvalue weighted by atomic mass is 32.2. The van der Waals surface area contributed by atoms with E-state index in [1.807, 2.05) is 10.6 Å². The molecule has 35 heavy (non-hydrogen) atoms. The number of amides is 2. The number of carbonyl (C=O) groups is 2. The molecule has 3 heterocycles. The summed E-state index contributed by atoms with van der Waals surface area (Å²) in [5.41, 5.74) is 6.30. The van der Waals surface area contributed by atoms with Crippen LogP contribution in [0.3, 0.4) is 0 Å². The van der Waals surface area contributed by atoms with E-state index in [1.165, 1.54) is 17.8 Å². The first-order chi connectivity index (χ1) is 16.9. The second kappa shape index (κ2) is 10.9. The van der Waals surface area contributed by atoms with Crippen molar-refractivity contribution >= 4 is 40.4 Å². The van der Waals surface area contributed by atoms with Gasteiger partial charge in [0.25, 0.3) is 0 Å². The minimum Gasteiger partial charge on any atom is -0.467 e. The van der Waals surface area contributed by atoms with Gasteiger partial charge in [-0.1, -0.05) is 11.8 Å².